The molecule has 0 saturated heterocycles. The fourth-order valence-corrected chi connectivity index (χ4v) is 4.23. The van der Waals surface area contributed by atoms with E-state index in [9.17, 15) is 24.9 Å². The topological polar surface area (TPSA) is 123 Å². The van der Waals surface area contributed by atoms with Crippen molar-refractivity contribution in [3.05, 3.63) is 64.9 Å². The molecule has 0 fully saturated rings. The maximum absolute atomic E-state index is 13.2. The fourth-order valence-electron chi connectivity index (χ4n) is 4.23. The van der Waals surface area contributed by atoms with Gasteiger partial charge in [0.05, 0.1) is 17.8 Å². The largest absolute Gasteiger partial charge is 0.508 e. The number of aliphatic hydroxyl groups is 2. The minimum absolute atomic E-state index is 0.00852. The van der Waals surface area contributed by atoms with Crippen LogP contribution in [0.5, 0.6) is 11.5 Å². The summed E-state index contributed by atoms with van der Waals surface area (Å²) in [5.74, 6) is -1.89. The fraction of sp³-hybridized carbons (Fsp3) is 0.360. The van der Waals surface area contributed by atoms with Crippen LogP contribution in [0, 0.1) is 0 Å². The number of carbonyl (C=O) groups excluding carboxylic acids is 2. The first kappa shape index (κ1) is 22.7. The van der Waals surface area contributed by atoms with E-state index in [4.69, 9.17) is 14.2 Å². The van der Waals surface area contributed by atoms with Crippen LogP contribution in [0.2, 0.25) is 0 Å². The number of phenolic OH excluding ortho intramolecular Hbond substituents is 1. The molecule has 4 rings (SSSR count). The lowest BCUT2D eigenvalue weighted by Crippen LogP contribution is -2.44. The van der Waals surface area contributed by atoms with Crippen LogP contribution in [0.1, 0.15) is 37.5 Å². The number of aliphatic hydroxyl groups excluding tert-OH is 1. The van der Waals surface area contributed by atoms with Gasteiger partial charge in [-0.25, -0.2) is 9.59 Å². The van der Waals surface area contributed by atoms with E-state index in [-0.39, 0.29) is 24.4 Å². The minimum Gasteiger partial charge on any atom is -0.508 e. The molecule has 2 aromatic carbocycles. The Labute approximate surface area is 191 Å². The molecule has 8 nitrogen and oxygen atoms in total. The van der Waals surface area contributed by atoms with Gasteiger partial charge in [0, 0.05) is 12.8 Å². The van der Waals surface area contributed by atoms with E-state index < -0.39 is 35.0 Å². The molecule has 2 atom stereocenters. The van der Waals surface area contributed by atoms with Crippen LogP contribution in [-0.2, 0) is 31.9 Å². The Morgan fingerprint density at radius 3 is 2.52 bits per heavy atom. The lowest BCUT2D eigenvalue weighted by Gasteiger charge is -2.28. The van der Waals surface area contributed by atoms with Crippen molar-refractivity contribution < 1.29 is 39.1 Å². The van der Waals surface area contributed by atoms with Crippen molar-refractivity contribution in [2.24, 2.45) is 0 Å². The van der Waals surface area contributed by atoms with E-state index >= 15 is 0 Å². The third-order valence-electron chi connectivity index (χ3n) is 5.90. The van der Waals surface area contributed by atoms with Crippen molar-refractivity contribution >= 4 is 17.5 Å². The molecule has 0 unspecified atom stereocenters. The molecule has 33 heavy (non-hydrogen) atoms. The third-order valence-corrected chi connectivity index (χ3v) is 5.90. The maximum Gasteiger partial charge on any atom is 0.375 e. The normalized spacial score (nSPS) is 22.1. The van der Waals surface area contributed by atoms with Crippen molar-refractivity contribution in [3.8, 4) is 11.5 Å². The third kappa shape index (κ3) is 4.02. The summed E-state index contributed by atoms with van der Waals surface area (Å²) in [5, 5.41) is 30.5. The van der Waals surface area contributed by atoms with Gasteiger partial charge in [0.15, 0.2) is 0 Å². The van der Waals surface area contributed by atoms with Gasteiger partial charge in [-0.2, -0.15) is 0 Å². The first-order valence-electron chi connectivity index (χ1n) is 10.7. The maximum atomic E-state index is 13.2. The summed E-state index contributed by atoms with van der Waals surface area (Å²) in [6.07, 6.45) is -0.0223. The Morgan fingerprint density at radius 2 is 1.88 bits per heavy atom. The summed E-state index contributed by atoms with van der Waals surface area (Å²) >= 11 is 0. The van der Waals surface area contributed by atoms with Gasteiger partial charge in [0.2, 0.25) is 11.4 Å². The number of fused-ring (bicyclic) bond motifs is 1. The second-order valence-electron chi connectivity index (χ2n) is 8.79. The van der Waals surface area contributed by atoms with Gasteiger partial charge in [-0.1, -0.05) is 24.3 Å². The van der Waals surface area contributed by atoms with E-state index in [0.29, 0.717) is 23.3 Å². The van der Waals surface area contributed by atoms with Gasteiger partial charge in [0.25, 0.3) is 0 Å². The minimum atomic E-state index is -1.91. The molecule has 2 aliphatic rings. The Kier molecular flexibility index (Phi) is 5.57. The monoisotopic (exact) mass is 454 g/mol. The lowest BCUT2D eigenvalue weighted by molar-refractivity contribution is -0.171. The van der Waals surface area contributed by atoms with Gasteiger partial charge >= 0.3 is 11.9 Å². The summed E-state index contributed by atoms with van der Waals surface area (Å²) in [6.45, 7) is 5.04. The second kappa shape index (κ2) is 8.12. The number of ether oxygens (including phenoxy) is 3. The average Bonchev–Trinajstić information content (AvgIpc) is 3.29. The Morgan fingerprint density at radius 1 is 1.18 bits per heavy atom. The molecule has 2 aromatic rings. The van der Waals surface area contributed by atoms with Crippen molar-refractivity contribution in [2.45, 2.75) is 50.9 Å². The summed E-state index contributed by atoms with van der Waals surface area (Å²) in [5.41, 5.74) is -1.11. The lowest BCUT2D eigenvalue weighted by atomic mass is 9.82. The zero-order chi connectivity index (χ0) is 24.0. The van der Waals surface area contributed by atoms with E-state index in [1.165, 1.54) is 24.3 Å². The quantitative estimate of drug-likeness (QED) is 0.570. The second-order valence-corrected chi connectivity index (χ2v) is 8.79. The Hall–Kier alpha value is -3.52. The molecular formula is C25H26O8. The summed E-state index contributed by atoms with van der Waals surface area (Å²) in [7, 11) is 0. The SMILES string of the molecule is CCOC(=O)[C@]1(Cc2ccc3c(c2)C[C@H](C(C)(C)O)O3)OC(=O)C(O)=C1c1ccc(O)cc1. The Balaban J connectivity index is 1.76. The van der Waals surface area contributed by atoms with E-state index in [0.717, 1.165) is 5.56 Å². The molecule has 0 aromatic heterocycles. The molecule has 0 amide bonds. The highest BCUT2D eigenvalue weighted by molar-refractivity contribution is 6.11. The standard InChI is InChI=1S/C25H26O8/c1-4-31-23(29)25(20(21(27)22(28)33-25)15-6-8-17(26)9-7-15)13-14-5-10-18-16(11-14)12-19(32-18)24(2,3)30/h5-11,19,26-27,30H,4,12-13H2,1-3H3/t19-,25-/m1/s1. The van der Waals surface area contributed by atoms with E-state index in [1.807, 2.05) is 6.07 Å². The number of rotatable bonds is 6. The van der Waals surface area contributed by atoms with Crippen LogP contribution in [0.3, 0.4) is 0 Å². The first-order valence-corrected chi connectivity index (χ1v) is 10.7. The van der Waals surface area contributed by atoms with Crippen LogP contribution < -0.4 is 4.74 Å². The van der Waals surface area contributed by atoms with Crippen LogP contribution >= 0.6 is 0 Å². The zero-order valence-corrected chi connectivity index (χ0v) is 18.6. The van der Waals surface area contributed by atoms with Gasteiger partial charge < -0.3 is 29.5 Å². The summed E-state index contributed by atoms with van der Waals surface area (Å²) < 4.78 is 16.6. The number of carbonyl (C=O) groups is 2. The van der Waals surface area contributed by atoms with Gasteiger partial charge in [-0.05, 0) is 55.7 Å². The van der Waals surface area contributed by atoms with Crippen LogP contribution in [0.25, 0.3) is 5.57 Å². The number of aromatic hydroxyl groups is 1. The highest BCUT2D eigenvalue weighted by atomic mass is 16.6. The van der Waals surface area contributed by atoms with Crippen molar-refractivity contribution in [1.29, 1.82) is 0 Å². The van der Waals surface area contributed by atoms with Crippen molar-refractivity contribution in [2.75, 3.05) is 6.61 Å². The number of benzene rings is 2. The molecule has 2 heterocycles. The summed E-state index contributed by atoms with van der Waals surface area (Å²) in [6, 6.07) is 11.1. The predicted molar refractivity (Wildman–Crippen MR) is 118 cm³/mol. The molecule has 0 spiro atoms. The Bertz CT molecular complexity index is 1130. The molecule has 3 N–H and O–H groups in total. The predicted octanol–water partition coefficient (Wildman–Crippen LogP) is 2.84. The van der Waals surface area contributed by atoms with E-state index in [1.54, 1.807) is 32.9 Å². The van der Waals surface area contributed by atoms with Crippen LogP contribution in [0.15, 0.2) is 48.2 Å². The van der Waals surface area contributed by atoms with Gasteiger partial charge in [0.1, 0.15) is 17.6 Å². The molecule has 174 valence electrons. The number of esters is 2. The smallest absolute Gasteiger partial charge is 0.375 e. The molecular weight excluding hydrogens is 428 g/mol. The number of phenols is 1. The highest BCUT2D eigenvalue weighted by Gasteiger charge is 2.56. The number of hydrogen-bond acceptors (Lipinski definition) is 8. The van der Waals surface area contributed by atoms with E-state index in [2.05, 4.69) is 0 Å². The molecule has 0 saturated carbocycles. The van der Waals surface area contributed by atoms with Gasteiger partial charge in [-0.3, -0.25) is 0 Å². The van der Waals surface area contributed by atoms with Crippen LogP contribution in [-0.4, -0.2) is 51.2 Å². The van der Waals surface area contributed by atoms with Crippen molar-refractivity contribution in [3.63, 3.8) is 0 Å². The molecule has 8 heteroatoms. The van der Waals surface area contributed by atoms with Crippen LogP contribution in [0.4, 0.5) is 0 Å². The zero-order valence-electron chi connectivity index (χ0n) is 18.6. The molecule has 0 radical (unpaired) electrons. The van der Waals surface area contributed by atoms with Gasteiger partial charge in [-0.15, -0.1) is 0 Å². The molecule has 0 aliphatic carbocycles. The highest BCUT2D eigenvalue weighted by Crippen LogP contribution is 2.44. The average molecular weight is 454 g/mol. The van der Waals surface area contributed by atoms with Crippen molar-refractivity contribution in [1.82, 2.24) is 0 Å². The number of cyclic esters (lactones) is 1. The molecule has 2 aliphatic heterocycles. The summed E-state index contributed by atoms with van der Waals surface area (Å²) in [4.78, 5) is 25.6. The number of hydrogen-bond donors (Lipinski definition) is 3. The molecule has 0 bridgehead atoms. The first-order chi connectivity index (χ1) is 15.5.